The van der Waals surface area contributed by atoms with E-state index in [1.165, 1.54) is 0 Å². The van der Waals surface area contributed by atoms with Crippen LogP contribution in [0.1, 0.15) is 18.9 Å². The van der Waals surface area contributed by atoms with Gasteiger partial charge in [0.2, 0.25) is 5.91 Å². The van der Waals surface area contributed by atoms with Crippen molar-refractivity contribution in [3.8, 4) is 11.5 Å². The minimum absolute atomic E-state index is 0.0492. The molecule has 2 unspecified atom stereocenters. The van der Waals surface area contributed by atoms with E-state index in [0.717, 1.165) is 18.5 Å². The number of amides is 1. The minimum Gasteiger partial charge on any atom is -0.493 e. The maximum Gasteiger partial charge on any atom is 0.227 e. The fourth-order valence-electron chi connectivity index (χ4n) is 2.53. The van der Waals surface area contributed by atoms with Gasteiger partial charge in [-0.1, -0.05) is 13.0 Å². The second-order valence-corrected chi connectivity index (χ2v) is 6.05. The summed E-state index contributed by atoms with van der Waals surface area (Å²) in [6.45, 7) is 3.55. The van der Waals surface area contributed by atoms with Crippen molar-refractivity contribution in [1.82, 2.24) is 4.90 Å². The topological polar surface area (TPSA) is 38.8 Å². The van der Waals surface area contributed by atoms with Crippen LogP contribution in [0.15, 0.2) is 18.2 Å². The first-order valence-electron chi connectivity index (χ1n) is 7.18. The van der Waals surface area contributed by atoms with Crippen molar-refractivity contribution >= 4 is 17.5 Å². The van der Waals surface area contributed by atoms with Crippen LogP contribution in [0.5, 0.6) is 11.5 Å². The number of benzene rings is 1. The SMILES string of the molecule is COc1ccc(CC(=O)N2CCC(C)C(Cl)C2)cc1OC. The van der Waals surface area contributed by atoms with Crippen LogP contribution in [-0.2, 0) is 11.2 Å². The van der Waals surface area contributed by atoms with E-state index in [1.807, 2.05) is 23.1 Å². The lowest BCUT2D eigenvalue weighted by atomic mass is 9.98. The Morgan fingerprint density at radius 3 is 2.67 bits per heavy atom. The summed E-state index contributed by atoms with van der Waals surface area (Å²) in [7, 11) is 3.19. The third-order valence-electron chi connectivity index (χ3n) is 4.02. The molecule has 1 aromatic carbocycles. The summed E-state index contributed by atoms with van der Waals surface area (Å²) < 4.78 is 10.5. The molecule has 1 aliphatic rings. The zero-order chi connectivity index (χ0) is 15.4. The minimum atomic E-state index is 0.0492. The lowest BCUT2D eigenvalue weighted by Crippen LogP contribution is -2.44. The average Bonchev–Trinajstić information content (AvgIpc) is 2.49. The molecule has 0 radical (unpaired) electrons. The van der Waals surface area contributed by atoms with Gasteiger partial charge in [0.15, 0.2) is 11.5 Å². The van der Waals surface area contributed by atoms with Crippen molar-refractivity contribution in [2.75, 3.05) is 27.3 Å². The fourth-order valence-corrected chi connectivity index (χ4v) is 2.82. The Kier molecular flexibility index (Phi) is 5.34. The standard InChI is InChI=1S/C16H22ClNO3/c1-11-6-7-18(10-13(11)17)16(19)9-12-4-5-14(20-2)15(8-12)21-3/h4-5,8,11,13H,6-7,9-10H2,1-3H3. The average molecular weight is 312 g/mol. The number of hydrogen-bond donors (Lipinski definition) is 0. The second-order valence-electron chi connectivity index (χ2n) is 5.49. The zero-order valence-corrected chi connectivity index (χ0v) is 13.5. The zero-order valence-electron chi connectivity index (χ0n) is 12.8. The van der Waals surface area contributed by atoms with Crippen LogP contribution in [0.4, 0.5) is 0 Å². The first-order chi connectivity index (χ1) is 10.0. The van der Waals surface area contributed by atoms with Crippen molar-refractivity contribution in [3.63, 3.8) is 0 Å². The number of nitrogens with zero attached hydrogens (tertiary/aromatic N) is 1. The maximum atomic E-state index is 12.4. The second kappa shape index (κ2) is 7.03. The van der Waals surface area contributed by atoms with E-state index in [1.54, 1.807) is 14.2 Å². The molecule has 1 fully saturated rings. The summed E-state index contributed by atoms with van der Waals surface area (Å²) in [5.74, 6) is 1.89. The monoisotopic (exact) mass is 311 g/mol. The lowest BCUT2D eigenvalue weighted by molar-refractivity contribution is -0.131. The van der Waals surface area contributed by atoms with Crippen LogP contribution >= 0.6 is 11.6 Å². The molecular weight excluding hydrogens is 290 g/mol. The molecule has 0 aromatic heterocycles. The van der Waals surface area contributed by atoms with Crippen LogP contribution < -0.4 is 9.47 Å². The van der Waals surface area contributed by atoms with E-state index in [4.69, 9.17) is 21.1 Å². The van der Waals surface area contributed by atoms with Crippen LogP contribution in [0.3, 0.4) is 0 Å². The van der Waals surface area contributed by atoms with Gasteiger partial charge in [-0.25, -0.2) is 0 Å². The van der Waals surface area contributed by atoms with Gasteiger partial charge in [0.1, 0.15) is 0 Å². The Labute approximate surface area is 131 Å². The van der Waals surface area contributed by atoms with Crippen molar-refractivity contribution in [3.05, 3.63) is 23.8 Å². The van der Waals surface area contributed by atoms with Gasteiger partial charge in [-0.3, -0.25) is 4.79 Å². The van der Waals surface area contributed by atoms with Gasteiger partial charge in [-0.15, -0.1) is 11.6 Å². The van der Waals surface area contributed by atoms with Gasteiger partial charge < -0.3 is 14.4 Å². The number of hydrogen-bond acceptors (Lipinski definition) is 3. The molecule has 116 valence electrons. The number of alkyl halides is 1. The van der Waals surface area contributed by atoms with Crippen molar-refractivity contribution < 1.29 is 14.3 Å². The molecule has 2 atom stereocenters. The highest BCUT2D eigenvalue weighted by atomic mass is 35.5. The summed E-state index contributed by atoms with van der Waals surface area (Å²) >= 11 is 6.27. The van der Waals surface area contributed by atoms with E-state index in [-0.39, 0.29) is 11.3 Å². The molecule has 5 heteroatoms. The first-order valence-corrected chi connectivity index (χ1v) is 7.61. The molecule has 1 amide bonds. The third kappa shape index (κ3) is 3.82. The fraction of sp³-hybridized carbons (Fsp3) is 0.562. The Morgan fingerprint density at radius 2 is 2.05 bits per heavy atom. The molecule has 1 heterocycles. The molecule has 0 aliphatic carbocycles. The summed E-state index contributed by atoms with van der Waals surface area (Å²) in [6.07, 6.45) is 1.32. The number of carbonyl (C=O) groups excluding carboxylic acids is 1. The summed E-state index contributed by atoms with van der Waals surface area (Å²) in [4.78, 5) is 14.2. The smallest absolute Gasteiger partial charge is 0.227 e. The molecule has 1 saturated heterocycles. The number of likely N-dealkylation sites (tertiary alicyclic amines) is 1. The summed E-state index contributed by atoms with van der Waals surface area (Å²) in [5.41, 5.74) is 0.919. The van der Waals surface area contributed by atoms with Gasteiger partial charge in [0.25, 0.3) is 0 Å². The predicted octanol–water partition coefficient (Wildman–Crippen LogP) is 2.72. The van der Waals surface area contributed by atoms with Crippen LogP contribution in [0.2, 0.25) is 0 Å². The van der Waals surface area contributed by atoms with Gasteiger partial charge in [0, 0.05) is 13.1 Å². The molecule has 0 saturated carbocycles. The molecule has 0 bridgehead atoms. The highest BCUT2D eigenvalue weighted by Crippen LogP contribution is 2.28. The maximum absolute atomic E-state index is 12.4. The van der Waals surface area contributed by atoms with E-state index in [0.29, 0.717) is 30.4 Å². The van der Waals surface area contributed by atoms with E-state index in [2.05, 4.69) is 6.92 Å². The highest BCUT2D eigenvalue weighted by molar-refractivity contribution is 6.21. The molecule has 0 spiro atoms. The summed E-state index contributed by atoms with van der Waals surface area (Å²) in [6, 6.07) is 5.57. The summed E-state index contributed by atoms with van der Waals surface area (Å²) in [5, 5.41) is 0.0492. The molecule has 4 nitrogen and oxygen atoms in total. The van der Waals surface area contributed by atoms with Crippen molar-refractivity contribution in [2.45, 2.75) is 25.1 Å². The van der Waals surface area contributed by atoms with E-state index < -0.39 is 0 Å². The molecule has 21 heavy (non-hydrogen) atoms. The number of rotatable bonds is 4. The van der Waals surface area contributed by atoms with Gasteiger partial charge in [0.05, 0.1) is 26.0 Å². The number of ether oxygens (including phenoxy) is 2. The number of piperidine rings is 1. The Bertz CT molecular complexity index is 506. The quantitative estimate of drug-likeness (QED) is 0.803. The van der Waals surface area contributed by atoms with Gasteiger partial charge in [-0.05, 0) is 30.0 Å². The van der Waals surface area contributed by atoms with Gasteiger partial charge >= 0.3 is 0 Å². The Morgan fingerprint density at radius 1 is 1.33 bits per heavy atom. The number of methoxy groups -OCH3 is 2. The third-order valence-corrected chi connectivity index (χ3v) is 4.59. The van der Waals surface area contributed by atoms with Crippen LogP contribution in [-0.4, -0.2) is 43.5 Å². The van der Waals surface area contributed by atoms with Crippen LogP contribution in [0.25, 0.3) is 0 Å². The molecule has 1 aromatic rings. The lowest BCUT2D eigenvalue weighted by Gasteiger charge is -2.34. The van der Waals surface area contributed by atoms with Crippen molar-refractivity contribution in [2.24, 2.45) is 5.92 Å². The predicted molar refractivity (Wildman–Crippen MR) is 83.3 cm³/mol. The van der Waals surface area contributed by atoms with E-state index in [9.17, 15) is 4.79 Å². The normalized spacial score (nSPS) is 22.0. The van der Waals surface area contributed by atoms with Crippen molar-refractivity contribution in [1.29, 1.82) is 0 Å². The molecule has 0 N–H and O–H groups in total. The molecule has 1 aliphatic heterocycles. The van der Waals surface area contributed by atoms with E-state index >= 15 is 0 Å². The molecular formula is C16H22ClNO3. The highest BCUT2D eigenvalue weighted by Gasteiger charge is 2.27. The first kappa shape index (κ1) is 16.0. The Balaban J connectivity index is 2.02. The molecule has 2 rings (SSSR count). The largest absolute Gasteiger partial charge is 0.493 e. The number of carbonyl (C=O) groups is 1. The van der Waals surface area contributed by atoms with Crippen LogP contribution in [0, 0.1) is 5.92 Å². The van der Waals surface area contributed by atoms with Gasteiger partial charge in [-0.2, -0.15) is 0 Å². The Hall–Kier alpha value is -1.42. The number of halogens is 1.